The van der Waals surface area contributed by atoms with Crippen molar-refractivity contribution in [3.8, 4) is 5.69 Å². The number of benzene rings is 1. The van der Waals surface area contributed by atoms with E-state index in [1.54, 1.807) is 6.33 Å². The van der Waals surface area contributed by atoms with Gasteiger partial charge in [0.1, 0.15) is 17.7 Å². The molecule has 7 heteroatoms. The van der Waals surface area contributed by atoms with Crippen molar-refractivity contribution in [3.63, 3.8) is 0 Å². The third kappa shape index (κ3) is 3.77. The van der Waals surface area contributed by atoms with Crippen LogP contribution in [0.25, 0.3) is 16.6 Å². The van der Waals surface area contributed by atoms with Crippen molar-refractivity contribution in [1.82, 2.24) is 28.8 Å². The Morgan fingerprint density at radius 3 is 2.53 bits per heavy atom. The average molecular weight is 511 g/mol. The van der Waals surface area contributed by atoms with Gasteiger partial charge in [0, 0.05) is 43.6 Å². The number of fused-ring (bicyclic) bond motifs is 1. The van der Waals surface area contributed by atoms with E-state index in [9.17, 15) is 4.79 Å². The second kappa shape index (κ2) is 8.94. The Morgan fingerprint density at radius 1 is 1.05 bits per heavy atom. The summed E-state index contributed by atoms with van der Waals surface area (Å²) in [5.41, 5.74) is 5.50. The molecule has 7 rings (SSSR count). The maximum Gasteiger partial charge on any atom is 0.279 e. The summed E-state index contributed by atoms with van der Waals surface area (Å²) < 4.78 is 6.14. The van der Waals surface area contributed by atoms with Crippen molar-refractivity contribution in [3.05, 3.63) is 75.9 Å². The van der Waals surface area contributed by atoms with Gasteiger partial charge < -0.3 is 9.13 Å². The molecule has 0 amide bonds. The number of nitrogens with zero attached hydrogens (tertiary/aromatic N) is 6. The van der Waals surface area contributed by atoms with E-state index < -0.39 is 0 Å². The quantitative estimate of drug-likeness (QED) is 0.365. The number of piperidine rings is 1. The monoisotopic (exact) mass is 510 g/mol. The molecule has 0 N–H and O–H groups in total. The second-order valence-electron chi connectivity index (χ2n) is 12.2. The molecule has 4 heterocycles. The van der Waals surface area contributed by atoms with E-state index in [0.29, 0.717) is 11.8 Å². The molecule has 7 nitrogen and oxygen atoms in total. The van der Waals surface area contributed by atoms with Crippen LogP contribution in [0.3, 0.4) is 0 Å². The van der Waals surface area contributed by atoms with E-state index in [1.807, 2.05) is 11.6 Å². The molecular formula is C31H38N6O. The van der Waals surface area contributed by atoms with Crippen molar-refractivity contribution in [2.45, 2.75) is 69.7 Å². The number of aryl methyl sites for hydroxylation is 2. The van der Waals surface area contributed by atoms with Crippen LogP contribution in [0.1, 0.15) is 80.4 Å². The van der Waals surface area contributed by atoms with Crippen LogP contribution in [0.4, 0.5) is 0 Å². The molecule has 0 atom stereocenters. The second-order valence-corrected chi connectivity index (χ2v) is 12.2. The average Bonchev–Trinajstić information content (AvgIpc) is 3.58. The van der Waals surface area contributed by atoms with Crippen molar-refractivity contribution < 1.29 is 0 Å². The smallest absolute Gasteiger partial charge is 0.279 e. The Labute approximate surface area is 224 Å². The van der Waals surface area contributed by atoms with Crippen molar-refractivity contribution in [2.75, 3.05) is 13.1 Å². The zero-order valence-electron chi connectivity index (χ0n) is 22.9. The third-order valence-corrected chi connectivity index (χ3v) is 9.39. The SMILES string of the molecule is CC1CC(c2cccc(-n3cc(C4CC4)c4cc(CN5CCCCC5)n(C)c4c3=O)c2)(c2nncn2C)C1. The predicted octanol–water partition coefficient (Wildman–Crippen LogP) is 5.04. The van der Waals surface area contributed by atoms with Gasteiger partial charge in [-0.3, -0.25) is 14.3 Å². The summed E-state index contributed by atoms with van der Waals surface area (Å²) in [5, 5.41) is 9.87. The molecule has 1 aromatic carbocycles. The standard InChI is InChI=1S/C31H38N6O/c1-21-16-31(17-21,30-33-32-20-34(30)2)23-8-7-9-24(14-23)37-19-27(22-10-11-22)26-15-25(35(3)28(26)29(37)38)18-36-12-5-4-6-13-36/h7-9,14-15,19-22H,4-6,10-13,16-18H2,1-3H3. The maximum absolute atomic E-state index is 14.1. The van der Waals surface area contributed by atoms with Gasteiger partial charge in [0.05, 0.1) is 5.41 Å². The highest BCUT2D eigenvalue weighted by molar-refractivity contribution is 5.85. The van der Waals surface area contributed by atoms with Crippen LogP contribution in [0, 0.1) is 5.92 Å². The Balaban J connectivity index is 1.34. The molecule has 198 valence electrons. The Bertz CT molecular complexity index is 1560. The van der Waals surface area contributed by atoms with Crippen LogP contribution >= 0.6 is 0 Å². The van der Waals surface area contributed by atoms with Gasteiger partial charge in [-0.25, -0.2) is 0 Å². The summed E-state index contributed by atoms with van der Waals surface area (Å²) in [6, 6.07) is 10.9. The zero-order chi connectivity index (χ0) is 26.0. The Morgan fingerprint density at radius 2 is 1.84 bits per heavy atom. The number of aromatic nitrogens is 5. The molecule has 0 spiro atoms. The minimum atomic E-state index is -0.152. The molecule has 1 aliphatic heterocycles. The molecular weight excluding hydrogens is 472 g/mol. The molecule has 3 fully saturated rings. The van der Waals surface area contributed by atoms with E-state index in [4.69, 9.17) is 0 Å². The van der Waals surface area contributed by atoms with Crippen LogP contribution in [0.5, 0.6) is 0 Å². The third-order valence-electron chi connectivity index (χ3n) is 9.39. The number of hydrogen-bond donors (Lipinski definition) is 0. The van der Waals surface area contributed by atoms with Gasteiger partial charge in [-0.05, 0) is 92.8 Å². The first-order valence-electron chi connectivity index (χ1n) is 14.4. The minimum Gasteiger partial charge on any atom is -0.342 e. The summed E-state index contributed by atoms with van der Waals surface area (Å²) >= 11 is 0. The van der Waals surface area contributed by atoms with Crippen molar-refractivity contribution in [1.29, 1.82) is 0 Å². The fraction of sp³-hybridized carbons (Fsp3) is 0.516. The molecule has 2 aliphatic carbocycles. The molecule has 3 aromatic heterocycles. The van der Waals surface area contributed by atoms with E-state index >= 15 is 0 Å². The number of pyridine rings is 1. The van der Waals surface area contributed by atoms with Crippen molar-refractivity contribution >= 4 is 10.9 Å². The topological polar surface area (TPSA) is 60.9 Å². The van der Waals surface area contributed by atoms with E-state index in [0.717, 1.165) is 54.9 Å². The predicted molar refractivity (Wildman–Crippen MR) is 150 cm³/mol. The lowest BCUT2D eigenvalue weighted by Gasteiger charge is -2.46. The largest absolute Gasteiger partial charge is 0.342 e. The van der Waals surface area contributed by atoms with Gasteiger partial charge in [-0.2, -0.15) is 0 Å². The lowest BCUT2D eigenvalue weighted by molar-refractivity contribution is 0.185. The van der Waals surface area contributed by atoms with Gasteiger partial charge in [-0.15, -0.1) is 10.2 Å². The van der Waals surface area contributed by atoms with E-state index in [-0.39, 0.29) is 11.0 Å². The number of likely N-dealkylation sites (tertiary alicyclic amines) is 1. The van der Waals surface area contributed by atoms with E-state index in [2.05, 4.69) is 74.7 Å². The normalized spacial score (nSPS) is 24.1. The highest BCUT2D eigenvalue weighted by atomic mass is 16.1. The molecule has 1 saturated heterocycles. The van der Waals surface area contributed by atoms with Crippen LogP contribution in [0.2, 0.25) is 0 Å². The van der Waals surface area contributed by atoms with Gasteiger partial charge in [0.15, 0.2) is 0 Å². The zero-order valence-corrected chi connectivity index (χ0v) is 22.9. The van der Waals surface area contributed by atoms with Crippen molar-refractivity contribution in [2.24, 2.45) is 20.0 Å². The summed E-state index contributed by atoms with van der Waals surface area (Å²) in [7, 11) is 4.11. The van der Waals surface area contributed by atoms with Crippen LogP contribution in [0.15, 0.2) is 47.7 Å². The van der Waals surface area contributed by atoms with E-state index in [1.165, 1.54) is 48.9 Å². The summed E-state index contributed by atoms with van der Waals surface area (Å²) in [4.78, 5) is 16.7. The maximum atomic E-state index is 14.1. The first kappa shape index (κ1) is 23.9. The number of rotatable bonds is 6. The number of hydrogen-bond acceptors (Lipinski definition) is 4. The van der Waals surface area contributed by atoms with Crippen LogP contribution in [-0.2, 0) is 26.1 Å². The fourth-order valence-electron chi connectivity index (χ4n) is 7.27. The Hall–Kier alpha value is -3.19. The summed E-state index contributed by atoms with van der Waals surface area (Å²) in [6.45, 7) is 5.53. The molecule has 0 unspecified atom stereocenters. The van der Waals surface area contributed by atoms with Gasteiger partial charge in [-0.1, -0.05) is 25.5 Å². The first-order chi connectivity index (χ1) is 18.4. The van der Waals surface area contributed by atoms with Crippen LogP contribution in [-0.4, -0.2) is 41.9 Å². The summed E-state index contributed by atoms with van der Waals surface area (Å²) in [5.74, 6) is 2.20. The molecule has 0 radical (unpaired) electrons. The summed E-state index contributed by atoms with van der Waals surface area (Å²) in [6.07, 6.45) is 12.3. The molecule has 3 aliphatic rings. The van der Waals surface area contributed by atoms with Gasteiger partial charge in [0.25, 0.3) is 5.56 Å². The lowest BCUT2D eigenvalue weighted by atomic mass is 9.58. The first-order valence-corrected chi connectivity index (χ1v) is 14.4. The fourth-order valence-corrected chi connectivity index (χ4v) is 7.27. The molecule has 0 bridgehead atoms. The lowest BCUT2D eigenvalue weighted by Crippen LogP contribution is -2.43. The highest BCUT2D eigenvalue weighted by Gasteiger charge is 2.48. The minimum absolute atomic E-state index is 0.0728. The molecule has 38 heavy (non-hydrogen) atoms. The molecule has 4 aromatic rings. The van der Waals surface area contributed by atoms with Gasteiger partial charge in [0.2, 0.25) is 0 Å². The molecule has 2 saturated carbocycles. The Kier molecular flexibility index (Phi) is 5.62. The highest BCUT2D eigenvalue weighted by Crippen LogP contribution is 2.51. The van der Waals surface area contributed by atoms with Gasteiger partial charge >= 0.3 is 0 Å². The van der Waals surface area contributed by atoms with Crippen LogP contribution < -0.4 is 5.56 Å².